The lowest BCUT2D eigenvalue weighted by molar-refractivity contribution is -0.122. The fraction of sp³-hybridized carbons (Fsp3) is 0.467. The van der Waals surface area contributed by atoms with E-state index in [0.717, 1.165) is 38.4 Å². The maximum Gasteiger partial charge on any atom is 0.233 e. The summed E-state index contributed by atoms with van der Waals surface area (Å²) in [7, 11) is 1.69. The van der Waals surface area contributed by atoms with Gasteiger partial charge < -0.3 is 5.32 Å². The third kappa shape index (κ3) is 3.92. The highest BCUT2D eigenvalue weighted by Gasteiger charge is 2.19. The SMILES string of the molecule is CNC(=O)CN1CCN(Cc2nc(-c3cccs3)cs2)CC1. The van der Waals surface area contributed by atoms with Crippen molar-refractivity contribution in [1.29, 1.82) is 0 Å². The number of piperazine rings is 1. The van der Waals surface area contributed by atoms with Gasteiger partial charge in [0.15, 0.2) is 0 Å². The molecule has 0 bridgehead atoms. The first-order chi connectivity index (χ1) is 10.7. The van der Waals surface area contributed by atoms with Crippen molar-refractivity contribution in [1.82, 2.24) is 20.1 Å². The van der Waals surface area contributed by atoms with Gasteiger partial charge in [0.25, 0.3) is 0 Å². The lowest BCUT2D eigenvalue weighted by Crippen LogP contribution is -2.48. The molecule has 2 aromatic rings. The Bertz CT molecular complexity index is 603. The van der Waals surface area contributed by atoms with E-state index in [4.69, 9.17) is 4.98 Å². The number of thiophene rings is 1. The predicted molar refractivity (Wildman–Crippen MR) is 91.2 cm³/mol. The van der Waals surface area contributed by atoms with Crippen LogP contribution in [-0.2, 0) is 11.3 Å². The van der Waals surface area contributed by atoms with Gasteiger partial charge in [-0.3, -0.25) is 14.6 Å². The van der Waals surface area contributed by atoms with E-state index in [2.05, 4.69) is 38.0 Å². The van der Waals surface area contributed by atoms with E-state index >= 15 is 0 Å². The third-order valence-corrected chi connectivity index (χ3v) is 5.52. The van der Waals surface area contributed by atoms with Gasteiger partial charge >= 0.3 is 0 Å². The maximum atomic E-state index is 11.4. The molecule has 1 fully saturated rings. The van der Waals surface area contributed by atoms with Crippen molar-refractivity contribution in [3.8, 4) is 10.6 Å². The first-order valence-corrected chi connectivity index (χ1v) is 9.14. The average Bonchev–Trinajstić information content (AvgIpc) is 3.20. The number of hydrogen-bond donors (Lipinski definition) is 1. The van der Waals surface area contributed by atoms with Crippen LogP contribution in [0, 0.1) is 0 Å². The number of carbonyl (C=O) groups excluding carboxylic acids is 1. The van der Waals surface area contributed by atoms with E-state index in [9.17, 15) is 4.79 Å². The number of nitrogens with zero attached hydrogens (tertiary/aromatic N) is 3. The van der Waals surface area contributed by atoms with Crippen molar-refractivity contribution >= 4 is 28.6 Å². The zero-order valence-corrected chi connectivity index (χ0v) is 14.3. The molecule has 2 aromatic heterocycles. The topological polar surface area (TPSA) is 48.5 Å². The van der Waals surface area contributed by atoms with Crippen LogP contribution in [0.1, 0.15) is 5.01 Å². The summed E-state index contributed by atoms with van der Waals surface area (Å²) in [6, 6.07) is 4.17. The molecule has 5 nitrogen and oxygen atoms in total. The molecular formula is C15H20N4OS2. The molecule has 0 spiro atoms. The molecule has 22 heavy (non-hydrogen) atoms. The molecule has 0 unspecified atom stereocenters. The molecule has 1 N–H and O–H groups in total. The van der Waals surface area contributed by atoms with Crippen LogP contribution >= 0.6 is 22.7 Å². The first-order valence-electron chi connectivity index (χ1n) is 7.38. The van der Waals surface area contributed by atoms with Crippen LogP contribution in [0.15, 0.2) is 22.9 Å². The van der Waals surface area contributed by atoms with Crippen molar-refractivity contribution in [2.45, 2.75) is 6.54 Å². The molecular weight excluding hydrogens is 316 g/mol. The average molecular weight is 336 g/mol. The Balaban J connectivity index is 1.50. The minimum atomic E-state index is 0.0916. The number of nitrogens with one attached hydrogen (secondary N) is 1. The van der Waals surface area contributed by atoms with Crippen LogP contribution in [0.4, 0.5) is 0 Å². The second-order valence-electron chi connectivity index (χ2n) is 5.33. The van der Waals surface area contributed by atoms with E-state index in [1.807, 2.05) is 0 Å². The summed E-state index contributed by atoms with van der Waals surface area (Å²) in [5.74, 6) is 0.0916. The number of likely N-dealkylation sites (N-methyl/N-ethyl adjacent to an activating group) is 1. The van der Waals surface area contributed by atoms with Crippen molar-refractivity contribution in [3.63, 3.8) is 0 Å². The van der Waals surface area contributed by atoms with Crippen LogP contribution in [-0.4, -0.2) is 60.5 Å². The lowest BCUT2D eigenvalue weighted by Gasteiger charge is -2.33. The number of aromatic nitrogens is 1. The summed E-state index contributed by atoms with van der Waals surface area (Å²) in [6.07, 6.45) is 0. The summed E-state index contributed by atoms with van der Waals surface area (Å²) in [5.41, 5.74) is 1.09. The van der Waals surface area contributed by atoms with Crippen LogP contribution < -0.4 is 5.32 Å². The van der Waals surface area contributed by atoms with Gasteiger partial charge in [0.1, 0.15) is 5.01 Å². The minimum absolute atomic E-state index is 0.0916. The monoisotopic (exact) mass is 336 g/mol. The van der Waals surface area contributed by atoms with E-state index in [1.54, 1.807) is 29.7 Å². The Labute approximate surface area is 138 Å². The molecule has 7 heteroatoms. The van der Waals surface area contributed by atoms with Gasteiger partial charge in [0, 0.05) is 38.6 Å². The van der Waals surface area contributed by atoms with Gasteiger partial charge in [-0.25, -0.2) is 4.98 Å². The van der Waals surface area contributed by atoms with Gasteiger partial charge in [-0.2, -0.15) is 0 Å². The highest BCUT2D eigenvalue weighted by Crippen LogP contribution is 2.26. The van der Waals surface area contributed by atoms with Crippen LogP contribution in [0.5, 0.6) is 0 Å². The summed E-state index contributed by atoms with van der Waals surface area (Å²) in [4.78, 5) is 22.0. The second-order valence-corrected chi connectivity index (χ2v) is 7.22. The van der Waals surface area contributed by atoms with Gasteiger partial charge in [0.2, 0.25) is 5.91 Å². The Morgan fingerprint density at radius 3 is 2.73 bits per heavy atom. The highest BCUT2D eigenvalue weighted by atomic mass is 32.1. The Hall–Kier alpha value is -1.28. The molecule has 1 aliphatic heterocycles. The number of rotatable bonds is 5. The molecule has 118 valence electrons. The molecule has 1 amide bonds. The minimum Gasteiger partial charge on any atom is -0.358 e. The van der Waals surface area contributed by atoms with E-state index in [-0.39, 0.29) is 5.91 Å². The maximum absolute atomic E-state index is 11.4. The molecule has 0 aromatic carbocycles. The molecule has 3 heterocycles. The first kappa shape index (κ1) is 15.6. The summed E-state index contributed by atoms with van der Waals surface area (Å²) in [5, 5.41) is 8.07. The Kier molecular flexibility index (Phi) is 5.20. The van der Waals surface area contributed by atoms with Crippen molar-refractivity contribution < 1.29 is 4.79 Å². The Morgan fingerprint density at radius 1 is 1.27 bits per heavy atom. The van der Waals surface area contributed by atoms with Crippen LogP contribution in [0.25, 0.3) is 10.6 Å². The molecule has 0 radical (unpaired) electrons. The zero-order chi connectivity index (χ0) is 15.4. The fourth-order valence-corrected chi connectivity index (χ4v) is 4.10. The molecule has 0 saturated carbocycles. The summed E-state index contributed by atoms with van der Waals surface area (Å²) < 4.78 is 0. The fourth-order valence-electron chi connectivity index (χ4n) is 2.50. The summed E-state index contributed by atoms with van der Waals surface area (Å²) in [6.45, 7) is 5.27. The summed E-state index contributed by atoms with van der Waals surface area (Å²) >= 11 is 3.46. The van der Waals surface area contributed by atoms with Gasteiger partial charge in [-0.05, 0) is 11.4 Å². The number of hydrogen-bond acceptors (Lipinski definition) is 6. The zero-order valence-electron chi connectivity index (χ0n) is 12.6. The van der Waals surface area contributed by atoms with E-state index in [1.165, 1.54) is 9.88 Å². The van der Waals surface area contributed by atoms with Crippen molar-refractivity contribution in [2.75, 3.05) is 39.8 Å². The Morgan fingerprint density at radius 2 is 2.05 bits per heavy atom. The largest absolute Gasteiger partial charge is 0.358 e. The standard InChI is InChI=1S/C15H20N4OS2/c1-16-14(20)9-18-4-6-19(7-5-18)10-15-17-12(11-22-15)13-3-2-8-21-13/h2-3,8,11H,4-7,9-10H2,1H3,(H,16,20). The number of amides is 1. The van der Waals surface area contributed by atoms with Crippen molar-refractivity contribution in [3.05, 3.63) is 27.9 Å². The quantitative estimate of drug-likeness (QED) is 0.903. The normalized spacial score (nSPS) is 16.8. The molecule has 0 atom stereocenters. The van der Waals surface area contributed by atoms with Crippen LogP contribution in [0.2, 0.25) is 0 Å². The smallest absolute Gasteiger partial charge is 0.233 e. The number of carbonyl (C=O) groups is 1. The van der Waals surface area contributed by atoms with Crippen molar-refractivity contribution in [2.24, 2.45) is 0 Å². The molecule has 3 rings (SSSR count). The number of thiazole rings is 1. The van der Waals surface area contributed by atoms with Gasteiger partial charge in [-0.1, -0.05) is 6.07 Å². The third-order valence-electron chi connectivity index (χ3n) is 3.80. The van der Waals surface area contributed by atoms with E-state index < -0.39 is 0 Å². The van der Waals surface area contributed by atoms with Gasteiger partial charge in [0.05, 0.1) is 23.7 Å². The van der Waals surface area contributed by atoms with Crippen LogP contribution in [0.3, 0.4) is 0 Å². The predicted octanol–water partition coefficient (Wildman–Crippen LogP) is 1.74. The molecule has 0 aliphatic carbocycles. The highest BCUT2D eigenvalue weighted by molar-refractivity contribution is 7.14. The van der Waals surface area contributed by atoms with Gasteiger partial charge in [-0.15, -0.1) is 22.7 Å². The second kappa shape index (κ2) is 7.32. The lowest BCUT2D eigenvalue weighted by atomic mass is 10.3. The van der Waals surface area contributed by atoms with E-state index in [0.29, 0.717) is 6.54 Å². The molecule has 1 saturated heterocycles. The molecule has 1 aliphatic rings.